The Morgan fingerprint density at radius 2 is 1.89 bits per heavy atom. The minimum absolute atomic E-state index is 0.164. The average molecular weight is 400 g/mol. The topological polar surface area (TPSA) is 46.9 Å². The second kappa shape index (κ2) is 7.13. The summed E-state index contributed by atoms with van der Waals surface area (Å²) < 4.78 is 14.7. The molecule has 27 heavy (non-hydrogen) atoms. The molecule has 1 amide bonds. The standard InChI is InChI=1S/C20H15ClFN3OS/c1-25-20-16(18(24-25)13-4-6-14(21)7-5-13)10-17(27-20)19(26)23-11-12-2-8-15(22)9-3-12/h2-10H,11H2,1H3,(H,23,26). The van der Waals surface area contributed by atoms with Gasteiger partial charge in [-0.1, -0.05) is 35.9 Å². The molecule has 0 aliphatic carbocycles. The summed E-state index contributed by atoms with van der Waals surface area (Å²) >= 11 is 7.36. The maximum absolute atomic E-state index is 13.0. The van der Waals surface area contributed by atoms with Crippen molar-refractivity contribution in [2.24, 2.45) is 7.05 Å². The first-order chi connectivity index (χ1) is 13.0. The molecule has 1 N–H and O–H groups in total. The van der Waals surface area contributed by atoms with Crippen molar-refractivity contribution < 1.29 is 9.18 Å². The van der Waals surface area contributed by atoms with Crippen LogP contribution in [0.15, 0.2) is 54.6 Å². The van der Waals surface area contributed by atoms with Crippen LogP contribution in [0.1, 0.15) is 15.2 Å². The maximum Gasteiger partial charge on any atom is 0.261 e. The molecule has 4 rings (SSSR count). The summed E-state index contributed by atoms with van der Waals surface area (Å²) in [6, 6.07) is 15.4. The lowest BCUT2D eigenvalue weighted by molar-refractivity contribution is 0.0955. The van der Waals surface area contributed by atoms with Crippen LogP contribution < -0.4 is 5.32 Å². The van der Waals surface area contributed by atoms with Gasteiger partial charge >= 0.3 is 0 Å². The lowest BCUT2D eigenvalue weighted by Gasteiger charge is -2.03. The Kier molecular flexibility index (Phi) is 4.68. The summed E-state index contributed by atoms with van der Waals surface area (Å²) in [5.41, 5.74) is 2.61. The normalized spacial score (nSPS) is 11.1. The molecule has 2 aromatic carbocycles. The smallest absolute Gasteiger partial charge is 0.261 e. The van der Waals surface area contributed by atoms with Crippen LogP contribution in [-0.2, 0) is 13.6 Å². The van der Waals surface area contributed by atoms with Gasteiger partial charge in [-0.15, -0.1) is 11.3 Å². The molecular weight excluding hydrogens is 385 g/mol. The van der Waals surface area contributed by atoms with Gasteiger partial charge in [0.2, 0.25) is 0 Å². The summed E-state index contributed by atoms with van der Waals surface area (Å²) in [5.74, 6) is -0.459. The first-order valence-corrected chi connectivity index (χ1v) is 9.46. The lowest BCUT2D eigenvalue weighted by atomic mass is 10.1. The van der Waals surface area contributed by atoms with E-state index in [-0.39, 0.29) is 11.7 Å². The van der Waals surface area contributed by atoms with E-state index in [9.17, 15) is 9.18 Å². The fourth-order valence-electron chi connectivity index (χ4n) is 2.85. The van der Waals surface area contributed by atoms with E-state index in [1.807, 2.05) is 37.4 Å². The van der Waals surface area contributed by atoms with Crippen molar-refractivity contribution in [3.63, 3.8) is 0 Å². The van der Waals surface area contributed by atoms with E-state index in [0.29, 0.717) is 16.4 Å². The van der Waals surface area contributed by atoms with Crippen molar-refractivity contribution in [1.29, 1.82) is 0 Å². The van der Waals surface area contributed by atoms with Gasteiger partial charge in [0.15, 0.2) is 0 Å². The van der Waals surface area contributed by atoms with Gasteiger partial charge in [0.1, 0.15) is 16.3 Å². The van der Waals surface area contributed by atoms with Crippen LogP contribution in [0.2, 0.25) is 5.02 Å². The monoisotopic (exact) mass is 399 g/mol. The summed E-state index contributed by atoms with van der Waals surface area (Å²) in [4.78, 5) is 14.1. The number of nitrogens with zero attached hydrogens (tertiary/aromatic N) is 2. The number of fused-ring (bicyclic) bond motifs is 1. The van der Waals surface area contributed by atoms with Gasteiger partial charge in [-0.25, -0.2) is 4.39 Å². The molecule has 0 radical (unpaired) electrons. The quantitative estimate of drug-likeness (QED) is 0.523. The van der Waals surface area contributed by atoms with Crippen molar-refractivity contribution in [1.82, 2.24) is 15.1 Å². The lowest BCUT2D eigenvalue weighted by Crippen LogP contribution is -2.21. The van der Waals surface area contributed by atoms with Gasteiger partial charge in [0, 0.05) is 29.6 Å². The molecule has 4 aromatic rings. The molecule has 0 bridgehead atoms. The zero-order chi connectivity index (χ0) is 19.0. The molecular formula is C20H15ClFN3OS. The van der Waals surface area contributed by atoms with Crippen LogP contribution in [0.5, 0.6) is 0 Å². The van der Waals surface area contributed by atoms with E-state index in [4.69, 9.17) is 11.6 Å². The molecule has 0 saturated carbocycles. The minimum Gasteiger partial charge on any atom is -0.347 e. The summed E-state index contributed by atoms with van der Waals surface area (Å²) in [6.45, 7) is 0.343. The number of aromatic nitrogens is 2. The third kappa shape index (κ3) is 3.59. The maximum atomic E-state index is 13.0. The molecule has 2 aromatic heterocycles. The summed E-state index contributed by atoms with van der Waals surface area (Å²) in [7, 11) is 1.86. The molecule has 2 heterocycles. The molecule has 4 nitrogen and oxygen atoms in total. The van der Waals surface area contributed by atoms with Crippen molar-refractivity contribution in [2.45, 2.75) is 6.54 Å². The van der Waals surface area contributed by atoms with Crippen LogP contribution in [0.4, 0.5) is 4.39 Å². The first kappa shape index (κ1) is 17.7. The highest BCUT2D eigenvalue weighted by Gasteiger charge is 2.17. The highest BCUT2D eigenvalue weighted by molar-refractivity contribution is 7.20. The summed E-state index contributed by atoms with van der Waals surface area (Å²) in [5, 5.41) is 9.03. The third-order valence-corrected chi connectivity index (χ3v) is 5.67. The van der Waals surface area contributed by atoms with Gasteiger partial charge in [-0.2, -0.15) is 5.10 Å². The Morgan fingerprint density at radius 1 is 1.19 bits per heavy atom. The Hall–Kier alpha value is -2.70. The molecule has 0 saturated heterocycles. The minimum atomic E-state index is -0.295. The number of amides is 1. The average Bonchev–Trinajstić information content (AvgIpc) is 3.23. The van der Waals surface area contributed by atoms with Crippen molar-refractivity contribution in [3.8, 4) is 11.3 Å². The van der Waals surface area contributed by atoms with E-state index in [2.05, 4.69) is 10.4 Å². The van der Waals surface area contributed by atoms with Crippen LogP contribution >= 0.6 is 22.9 Å². The number of nitrogens with one attached hydrogen (secondary N) is 1. The van der Waals surface area contributed by atoms with Gasteiger partial charge in [0.05, 0.1) is 4.88 Å². The fraction of sp³-hybridized carbons (Fsp3) is 0.100. The van der Waals surface area contributed by atoms with Gasteiger partial charge in [0.25, 0.3) is 5.91 Å². The predicted molar refractivity (Wildman–Crippen MR) is 107 cm³/mol. The second-order valence-corrected chi connectivity index (χ2v) is 7.58. The number of hydrogen-bond donors (Lipinski definition) is 1. The van der Waals surface area contributed by atoms with Crippen molar-refractivity contribution in [3.05, 3.63) is 75.9 Å². The molecule has 0 aliphatic heterocycles. The SMILES string of the molecule is Cn1nc(-c2ccc(Cl)cc2)c2cc(C(=O)NCc3ccc(F)cc3)sc21. The zero-order valence-corrected chi connectivity index (χ0v) is 15.9. The van der Waals surface area contributed by atoms with Gasteiger partial charge in [-0.05, 0) is 35.9 Å². The van der Waals surface area contributed by atoms with E-state index in [0.717, 1.165) is 27.0 Å². The van der Waals surface area contributed by atoms with Gasteiger partial charge < -0.3 is 5.32 Å². The van der Waals surface area contributed by atoms with E-state index >= 15 is 0 Å². The van der Waals surface area contributed by atoms with Gasteiger partial charge in [-0.3, -0.25) is 9.48 Å². The van der Waals surface area contributed by atoms with E-state index < -0.39 is 0 Å². The third-order valence-electron chi connectivity index (χ3n) is 4.22. The molecule has 0 spiro atoms. The molecule has 0 aliphatic rings. The van der Waals surface area contributed by atoms with Crippen molar-refractivity contribution in [2.75, 3.05) is 0 Å². The van der Waals surface area contributed by atoms with Crippen LogP contribution in [0, 0.1) is 5.82 Å². The predicted octanol–water partition coefficient (Wildman–Crippen LogP) is 5.02. The number of thiophene rings is 1. The van der Waals surface area contributed by atoms with Crippen LogP contribution in [0.25, 0.3) is 21.5 Å². The molecule has 7 heteroatoms. The summed E-state index contributed by atoms with van der Waals surface area (Å²) in [6.07, 6.45) is 0. The highest BCUT2D eigenvalue weighted by atomic mass is 35.5. The largest absolute Gasteiger partial charge is 0.347 e. The Balaban J connectivity index is 1.59. The second-order valence-electron chi connectivity index (χ2n) is 6.12. The molecule has 136 valence electrons. The number of aryl methyl sites for hydroxylation is 1. The highest BCUT2D eigenvalue weighted by Crippen LogP contribution is 2.34. The molecule has 0 unspecified atom stereocenters. The number of benzene rings is 2. The fourth-order valence-corrected chi connectivity index (χ4v) is 3.96. The first-order valence-electron chi connectivity index (χ1n) is 8.26. The molecule has 0 atom stereocenters. The van der Waals surface area contributed by atoms with Crippen LogP contribution in [0.3, 0.4) is 0 Å². The van der Waals surface area contributed by atoms with Crippen LogP contribution in [-0.4, -0.2) is 15.7 Å². The Morgan fingerprint density at radius 3 is 2.59 bits per heavy atom. The zero-order valence-electron chi connectivity index (χ0n) is 14.4. The molecule has 0 fully saturated rings. The van der Waals surface area contributed by atoms with E-state index in [1.54, 1.807) is 16.8 Å². The number of carbonyl (C=O) groups is 1. The number of rotatable bonds is 4. The number of halogens is 2. The Labute approximate surface area is 164 Å². The number of hydrogen-bond acceptors (Lipinski definition) is 3. The number of carbonyl (C=O) groups excluding carboxylic acids is 1. The van der Waals surface area contributed by atoms with E-state index in [1.165, 1.54) is 23.5 Å². The Bertz CT molecular complexity index is 1120. The van der Waals surface area contributed by atoms with Crippen molar-refractivity contribution >= 4 is 39.1 Å².